The molecule has 29 heavy (non-hydrogen) atoms. The highest BCUT2D eigenvalue weighted by atomic mass is 16.6. The van der Waals surface area contributed by atoms with Crippen LogP contribution in [0, 0.1) is 13.8 Å². The fraction of sp³-hybridized carbons (Fsp3) is 0.286. The van der Waals surface area contributed by atoms with E-state index >= 15 is 0 Å². The van der Waals surface area contributed by atoms with Gasteiger partial charge in [0.25, 0.3) is 5.91 Å². The van der Waals surface area contributed by atoms with Gasteiger partial charge < -0.3 is 23.2 Å². The van der Waals surface area contributed by atoms with Crippen molar-refractivity contribution in [1.29, 1.82) is 0 Å². The van der Waals surface area contributed by atoms with E-state index in [0.717, 1.165) is 16.7 Å². The maximum atomic E-state index is 12.1. The van der Waals surface area contributed by atoms with Crippen molar-refractivity contribution >= 4 is 22.8 Å². The molecule has 1 amide bonds. The first-order valence-electron chi connectivity index (χ1n) is 8.94. The van der Waals surface area contributed by atoms with Crippen LogP contribution in [0.2, 0.25) is 0 Å². The highest BCUT2D eigenvalue weighted by molar-refractivity contribution is 5.82. The van der Waals surface area contributed by atoms with Gasteiger partial charge in [-0.05, 0) is 43.7 Å². The summed E-state index contributed by atoms with van der Waals surface area (Å²) in [6.45, 7) is 3.12. The second kappa shape index (κ2) is 8.64. The minimum absolute atomic E-state index is 0.280. The molecule has 0 unspecified atom stereocenters. The summed E-state index contributed by atoms with van der Waals surface area (Å²) in [5.41, 5.74) is 0.694. The number of ether oxygens (including phenoxy) is 2. The Labute approximate surface area is 166 Å². The van der Waals surface area contributed by atoms with E-state index < -0.39 is 18.2 Å². The molecule has 0 saturated heterocycles. The molecule has 152 valence electrons. The summed E-state index contributed by atoms with van der Waals surface area (Å²) in [7, 11) is 1.59. The molecule has 0 bridgehead atoms. The lowest BCUT2D eigenvalue weighted by Gasteiger charge is -2.15. The lowest BCUT2D eigenvalue weighted by Crippen LogP contribution is -2.31. The number of amides is 1. The van der Waals surface area contributed by atoms with E-state index in [0.29, 0.717) is 17.1 Å². The third-order valence-corrected chi connectivity index (χ3v) is 4.25. The summed E-state index contributed by atoms with van der Waals surface area (Å²) in [4.78, 5) is 36.8. The van der Waals surface area contributed by atoms with E-state index in [4.69, 9.17) is 18.3 Å². The van der Waals surface area contributed by atoms with Crippen LogP contribution >= 0.6 is 0 Å². The number of carbonyl (C=O) groups is 2. The van der Waals surface area contributed by atoms with Gasteiger partial charge in [-0.25, -0.2) is 9.59 Å². The Kier molecular flexibility index (Phi) is 6.01. The molecule has 0 aliphatic carbocycles. The zero-order valence-corrected chi connectivity index (χ0v) is 16.4. The van der Waals surface area contributed by atoms with Crippen LogP contribution in [-0.4, -0.2) is 37.0 Å². The smallest absolute Gasteiger partial charge is 0.344 e. The zero-order valence-electron chi connectivity index (χ0n) is 16.4. The number of carbonyl (C=O) groups excluding carboxylic acids is 2. The van der Waals surface area contributed by atoms with Gasteiger partial charge in [-0.3, -0.25) is 4.79 Å². The fourth-order valence-corrected chi connectivity index (χ4v) is 2.72. The first-order chi connectivity index (χ1) is 13.8. The van der Waals surface area contributed by atoms with Gasteiger partial charge in [0.15, 0.2) is 13.2 Å². The molecule has 3 aromatic rings. The molecule has 8 nitrogen and oxygen atoms in total. The highest BCUT2D eigenvalue weighted by Crippen LogP contribution is 2.22. The largest absolute Gasteiger partial charge is 0.482 e. The Hall–Kier alpha value is -3.55. The SMILES string of the molecule is Cc1ccc(CN(C)C(=O)COC(=O)COc2ccc3c(C)cc(=O)oc3c2)o1. The summed E-state index contributed by atoms with van der Waals surface area (Å²) >= 11 is 0. The molecule has 0 N–H and O–H groups in total. The second-order valence-electron chi connectivity index (χ2n) is 6.62. The minimum Gasteiger partial charge on any atom is -0.482 e. The van der Waals surface area contributed by atoms with E-state index in [1.54, 1.807) is 32.2 Å². The molecule has 0 aliphatic rings. The number of rotatable bonds is 7. The maximum Gasteiger partial charge on any atom is 0.344 e. The van der Waals surface area contributed by atoms with E-state index in [9.17, 15) is 14.4 Å². The van der Waals surface area contributed by atoms with Crippen molar-refractivity contribution in [3.05, 3.63) is 63.9 Å². The second-order valence-corrected chi connectivity index (χ2v) is 6.62. The van der Waals surface area contributed by atoms with Crippen molar-refractivity contribution in [3.8, 4) is 5.75 Å². The molecule has 2 heterocycles. The third kappa shape index (κ3) is 5.25. The van der Waals surface area contributed by atoms with Gasteiger partial charge in [0.05, 0.1) is 6.54 Å². The molecule has 3 rings (SSSR count). The van der Waals surface area contributed by atoms with Gasteiger partial charge in [-0.2, -0.15) is 0 Å². The van der Waals surface area contributed by atoms with Gasteiger partial charge in [0.2, 0.25) is 0 Å². The zero-order chi connectivity index (χ0) is 21.0. The van der Waals surface area contributed by atoms with Crippen LogP contribution in [0.4, 0.5) is 0 Å². The standard InChI is InChI=1S/C21H21NO7/c1-13-8-20(24)29-18-9-15(6-7-17(13)18)26-12-21(25)27-11-19(23)22(3)10-16-5-4-14(2)28-16/h4-9H,10-12H2,1-3H3. The van der Waals surface area contributed by atoms with Gasteiger partial charge >= 0.3 is 11.6 Å². The van der Waals surface area contributed by atoms with Crippen molar-refractivity contribution in [1.82, 2.24) is 4.90 Å². The lowest BCUT2D eigenvalue weighted by atomic mass is 10.1. The van der Waals surface area contributed by atoms with Crippen molar-refractivity contribution in [3.63, 3.8) is 0 Å². The number of hydrogen-bond acceptors (Lipinski definition) is 7. The van der Waals surface area contributed by atoms with Crippen molar-refractivity contribution in [2.75, 3.05) is 20.3 Å². The van der Waals surface area contributed by atoms with E-state index in [1.165, 1.54) is 17.0 Å². The Balaban J connectivity index is 1.49. The normalized spacial score (nSPS) is 10.7. The number of fused-ring (bicyclic) bond motifs is 1. The van der Waals surface area contributed by atoms with E-state index in [2.05, 4.69) is 0 Å². The maximum absolute atomic E-state index is 12.1. The number of likely N-dealkylation sites (N-methyl/N-ethyl adjacent to an activating group) is 1. The number of furan rings is 1. The molecule has 8 heteroatoms. The molecular formula is C21H21NO7. The first-order valence-corrected chi connectivity index (χ1v) is 8.94. The van der Waals surface area contributed by atoms with Crippen LogP contribution in [0.3, 0.4) is 0 Å². The average molecular weight is 399 g/mol. The Morgan fingerprint density at radius 1 is 1.03 bits per heavy atom. The summed E-state index contributed by atoms with van der Waals surface area (Å²) in [5.74, 6) is 0.695. The number of esters is 1. The van der Waals surface area contributed by atoms with Crippen LogP contribution in [0.15, 0.2) is 50.0 Å². The summed E-state index contributed by atoms with van der Waals surface area (Å²) in [6, 6.07) is 9.93. The van der Waals surface area contributed by atoms with Crippen molar-refractivity contribution < 1.29 is 27.9 Å². The summed E-state index contributed by atoms with van der Waals surface area (Å²) in [6.07, 6.45) is 0. The Morgan fingerprint density at radius 3 is 2.55 bits per heavy atom. The molecule has 0 radical (unpaired) electrons. The fourth-order valence-electron chi connectivity index (χ4n) is 2.72. The molecule has 2 aromatic heterocycles. The molecule has 1 aromatic carbocycles. The minimum atomic E-state index is -0.689. The highest BCUT2D eigenvalue weighted by Gasteiger charge is 2.14. The monoisotopic (exact) mass is 399 g/mol. The number of benzene rings is 1. The average Bonchev–Trinajstić information content (AvgIpc) is 3.08. The van der Waals surface area contributed by atoms with Gasteiger partial charge in [0, 0.05) is 24.6 Å². The third-order valence-electron chi connectivity index (χ3n) is 4.25. The van der Waals surface area contributed by atoms with Crippen molar-refractivity contribution in [2.24, 2.45) is 0 Å². The molecular weight excluding hydrogens is 378 g/mol. The van der Waals surface area contributed by atoms with E-state index in [-0.39, 0.29) is 19.1 Å². The predicted octanol–water partition coefficient (Wildman–Crippen LogP) is 2.58. The van der Waals surface area contributed by atoms with Crippen LogP contribution < -0.4 is 10.4 Å². The topological polar surface area (TPSA) is 99.2 Å². The molecule has 0 fully saturated rings. The summed E-state index contributed by atoms with van der Waals surface area (Å²) < 4.78 is 20.9. The van der Waals surface area contributed by atoms with Crippen LogP contribution in [0.25, 0.3) is 11.0 Å². The molecule has 0 aliphatic heterocycles. The van der Waals surface area contributed by atoms with Crippen LogP contribution in [0.1, 0.15) is 17.1 Å². The van der Waals surface area contributed by atoms with Gasteiger partial charge in [-0.1, -0.05) is 0 Å². The Bertz CT molecular complexity index is 1100. The number of aryl methyl sites for hydroxylation is 2. The predicted molar refractivity (Wildman–Crippen MR) is 104 cm³/mol. The lowest BCUT2D eigenvalue weighted by molar-refractivity contribution is -0.153. The van der Waals surface area contributed by atoms with Gasteiger partial charge in [0.1, 0.15) is 22.9 Å². The molecule has 0 atom stereocenters. The molecule has 0 spiro atoms. The Morgan fingerprint density at radius 2 is 1.83 bits per heavy atom. The number of hydrogen-bond donors (Lipinski definition) is 0. The first kappa shape index (κ1) is 20.2. The van der Waals surface area contributed by atoms with Crippen LogP contribution in [0.5, 0.6) is 5.75 Å². The molecule has 0 saturated carbocycles. The quantitative estimate of drug-likeness (QED) is 0.445. The van der Waals surface area contributed by atoms with E-state index in [1.807, 2.05) is 13.0 Å². The van der Waals surface area contributed by atoms with Crippen molar-refractivity contribution in [2.45, 2.75) is 20.4 Å². The van der Waals surface area contributed by atoms with Crippen LogP contribution in [-0.2, 0) is 20.9 Å². The van der Waals surface area contributed by atoms with Gasteiger partial charge in [-0.15, -0.1) is 0 Å². The number of nitrogens with zero attached hydrogens (tertiary/aromatic N) is 1. The summed E-state index contributed by atoms with van der Waals surface area (Å²) in [5, 5.41) is 0.778.